The van der Waals surface area contributed by atoms with Gasteiger partial charge in [0, 0.05) is 27.2 Å². The molecule has 2 heterocycles. The summed E-state index contributed by atoms with van der Waals surface area (Å²) in [6.07, 6.45) is 0. The van der Waals surface area contributed by atoms with Gasteiger partial charge in [-0.3, -0.25) is 0 Å². The molecule has 0 fully saturated rings. The number of rotatable bonds is 4. The summed E-state index contributed by atoms with van der Waals surface area (Å²) in [4.78, 5) is 0. The van der Waals surface area contributed by atoms with Crippen LogP contribution in [-0.4, -0.2) is 16.2 Å². The van der Waals surface area contributed by atoms with Crippen molar-refractivity contribution in [1.29, 1.82) is 10.5 Å². The minimum absolute atomic E-state index is 0.498. The molecular formula is C39H24N4O. The van der Waals surface area contributed by atoms with Gasteiger partial charge < -0.3 is 13.9 Å². The molecule has 0 spiro atoms. The van der Waals surface area contributed by atoms with Crippen LogP contribution in [0.1, 0.15) is 11.1 Å². The Morgan fingerprint density at radius 1 is 0.568 bits per heavy atom. The van der Waals surface area contributed by atoms with Crippen LogP contribution in [0.15, 0.2) is 127 Å². The van der Waals surface area contributed by atoms with E-state index in [4.69, 9.17) is 4.74 Å². The summed E-state index contributed by atoms with van der Waals surface area (Å²) >= 11 is 0. The summed E-state index contributed by atoms with van der Waals surface area (Å²) < 4.78 is 10.1. The molecule has 0 aliphatic carbocycles. The summed E-state index contributed by atoms with van der Waals surface area (Å²) in [6.45, 7) is 0. The molecule has 0 saturated heterocycles. The summed E-state index contributed by atoms with van der Waals surface area (Å²) in [5, 5.41) is 24.2. The molecule has 2 aromatic heterocycles. The molecule has 0 aliphatic heterocycles. The van der Waals surface area contributed by atoms with Crippen molar-refractivity contribution >= 4 is 43.6 Å². The number of hydrogen-bond donors (Lipinski definition) is 0. The van der Waals surface area contributed by atoms with Gasteiger partial charge in [0.1, 0.15) is 11.8 Å². The molecule has 5 heteroatoms. The van der Waals surface area contributed by atoms with Crippen molar-refractivity contribution in [2.75, 3.05) is 7.11 Å². The topological polar surface area (TPSA) is 66.7 Å². The van der Waals surface area contributed by atoms with E-state index >= 15 is 0 Å². The second kappa shape index (κ2) is 9.91. The van der Waals surface area contributed by atoms with Crippen molar-refractivity contribution in [2.24, 2.45) is 0 Å². The fourth-order valence-corrected chi connectivity index (χ4v) is 6.55. The number of nitriles is 2. The number of aromatic nitrogens is 2. The van der Waals surface area contributed by atoms with E-state index in [1.165, 1.54) is 10.8 Å². The van der Waals surface area contributed by atoms with Crippen LogP contribution in [0.3, 0.4) is 0 Å². The Morgan fingerprint density at radius 2 is 1.34 bits per heavy atom. The van der Waals surface area contributed by atoms with E-state index in [0.29, 0.717) is 16.8 Å². The molecule has 0 amide bonds. The van der Waals surface area contributed by atoms with Crippen LogP contribution in [0.25, 0.3) is 66.1 Å². The maximum atomic E-state index is 10.1. The van der Waals surface area contributed by atoms with E-state index in [0.717, 1.165) is 55.4 Å². The SMILES string of the molecule is COc1ccc2c(c1)c1c(-c3ccc4c5ccccc5n(-c5ccccc5)c4c3)cccc1n2-c1cc(C#N)ccc1C#N. The second-order valence-corrected chi connectivity index (χ2v) is 10.8. The molecular weight excluding hydrogens is 540 g/mol. The van der Waals surface area contributed by atoms with Crippen LogP contribution in [0.5, 0.6) is 5.75 Å². The third-order valence-electron chi connectivity index (χ3n) is 8.48. The van der Waals surface area contributed by atoms with Gasteiger partial charge in [-0.1, -0.05) is 60.7 Å². The Kier molecular flexibility index (Phi) is 5.72. The van der Waals surface area contributed by atoms with Gasteiger partial charge in [0.15, 0.2) is 0 Å². The first-order valence-electron chi connectivity index (χ1n) is 14.3. The van der Waals surface area contributed by atoms with Gasteiger partial charge in [0.05, 0.1) is 52.1 Å². The van der Waals surface area contributed by atoms with Crippen molar-refractivity contribution in [3.05, 3.63) is 139 Å². The number of nitrogens with zero attached hydrogens (tertiary/aromatic N) is 4. The largest absolute Gasteiger partial charge is 0.497 e. The molecule has 0 aliphatic rings. The summed E-state index contributed by atoms with van der Waals surface area (Å²) in [5.41, 5.74) is 9.09. The van der Waals surface area contributed by atoms with Crippen LogP contribution < -0.4 is 4.74 Å². The highest BCUT2D eigenvalue weighted by Gasteiger charge is 2.20. The average molecular weight is 565 g/mol. The number of fused-ring (bicyclic) bond motifs is 6. The van der Waals surface area contributed by atoms with Gasteiger partial charge in [-0.25, -0.2) is 0 Å². The Morgan fingerprint density at radius 3 is 2.16 bits per heavy atom. The number of para-hydroxylation sites is 2. The standard InChI is InChI=1S/C39H24N4O/c1-44-29-17-19-35-33(22-29)39-30(11-7-13-36(39)43(35)37-20-25(23-40)14-15-27(37)24-41)26-16-18-32-31-10-5-6-12-34(31)42(38(32)21-26)28-8-3-2-4-9-28/h2-22H,1H3. The number of ether oxygens (including phenoxy) is 1. The van der Waals surface area contributed by atoms with Crippen molar-refractivity contribution in [2.45, 2.75) is 0 Å². The second-order valence-electron chi connectivity index (χ2n) is 10.8. The fourth-order valence-electron chi connectivity index (χ4n) is 6.55. The Bertz CT molecular complexity index is 2510. The molecule has 6 aromatic carbocycles. The zero-order chi connectivity index (χ0) is 29.8. The third kappa shape index (κ3) is 3.71. The van der Waals surface area contributed by atoms with E-state index in [1.807, 2.05) is 18.2 Å². The monoisotopic (exact) mass is 564 g/mol. The minimum Gasteiger partial charge on any atom is -0.497 e. The molecule has 5 nitrogen and oxygen atoms in total. The predicted octanol–water partition coefficient (Wildman–Crippen LogP) is 9.30. The molecule has 0 radical (unpaired) electrons. The van der Waals surface area contributed by atoms with E-state index in [1.54, 1.807) is 25.3 Å². The fraction of sp³-hybridized carbons (Fsp3) is 0.0256. The molecule has 206 valence electrons. The molecule has 8 aromatic rings. The summed E-state index contributed by atoms with van der Waals surface area (Å²) in [5.74, 6) is 0.747. The molecule has 0 unspecified atom stereocenters. The maximum Gasteiger partial charge on any atom is 0.119 e. The lowest BCUT2D eigenvalue weighted by Crippen LogP contribution is -1.98. The molecule has 0 saturated carbocycles. The smallest absolute Gasteiger partial charge is 0.119 e. The van der Waals surface area contributed by atoms with Crippen LogP contribution in [-0.2, 0) is 0 Å². The van der Waals surface area contributed by atoms with Crippen molar-refractivity contribution in [1.82, 2.24) is 9.13 Å². The van der Waals surface area contributed by atoms with Gasteiger partial charge >= 0.3 is 0 Å². The minimum atomic E-state index is 0.498. The lowest BCUT2D eigenvalue weighted by Gasteiger charge is -2.11. The van der Waals surface area contributed by atoms with Crippen molar-refractivity contribution in [3.8, 4) is 40.4 Å². The first-order valence-corrected chi connectivity index (χ1v) is 14.3. The van der Waals surface area contributed by atoms with E-state index in [9.17, 15) is 10.5 Å². The highest BCUT2D eigenvalue weighted by molar-refractivity contribution is 6.17. The van der Waals surface area contributed by atoms with E-state index in [-0.39, 0.29) is 0 Å². The Labute approximate surface area is 253 Å². The molecule has 8 rings (SSSR count). The maximum absolute atomic E-state index is 10.1. The lowest BCUT2D eigenvalue weighted by molar-refractivity contribution is 0.415. The summed E-state index contributed by atoms with van der Waals surface area (Å²) in [7, 11) is 1.67. The number of methoxy groups -OCH3 is 1. The first-order chi connectivity index (χ1) is 21.7. The van der Waals surface area contributed by atoms with Crippen molar-refractivity contribution in [3.63, 3.8) is 0 Å². The van der Waals surface area contributed by atoms with Crippen LogP contribution in [0, 0.1) is 22.7 Å². The predicted molar refractivity (Wildman–Crippen MR) is 177 cm³/mol. The van der Waals surface area contributed by atoms with Crippen LogP contribution in [0.2, 0.25) is 0 Å². The van der Waals surface area contributed by atoms with Crippen molar-refractivity contribution < 1.29 is 4.74 Å². The van der Waals surface area contributed by atoms with E-state index < -0.39 is 0 Å². The molecule has 44 heavy (non-hydrogen) atoms. The lowest BCUT2D eigenvalue weighted by atomic mass is 9.98. The van der Waals surface area contributed by atoms with Gasteiger partial charge in [-0.2, -0.15) is 10.5 Å². The first kappa shape index (κ1) is 25.4. The molecule has 0 bridgehead atoms. The average Bonchev–Trinajstić information content (AvgIpc) is 3.60. The van der Waals surface area contributed by atoms with Crippen LogP contribution >= 0.6 is 0 Å². The highest BCUT2D eigenvalue weighted by Crippen LogP contribution is 2.42. The number of hydrogen-bond acceptors (Lipinski definition) is 3. The zero-order valence-electron chi connectivity index (χ0n) is 23.8. The van der Waals surface area contributed by atoms with E-state index in [2.05, 4.69) is 112 Å². The Hall–Kier alpha value is -6.30. The Balaban J connectivity index is 1.47. The van der Waals surface area contributed by atoms with Gasteiger partial charge in [0.25, 0.3) is 0 Å². The third-order valence-corrected chi connectivity index (χ3v) is 8.48. The molecule has 0 atom stereocenters. The highest BCUT2D eigenvalue weighted by atomic mass is 16.5. The van der Waals surface area contributed by atoms with Gasteiger partial charge in [0.2, 0.25) is 0 Å². The molecule has 0 N–H and O–H groups in total. The summed E-state index contributed by atoms with van der Waals surface area (Å²) in [6, 6.07) is 47.7. The quantitative estimate of drug-likeness (QED) is 0.214. The van der Waals surface area contributed by atoms with Gasteiger partial charge in [-0.15, -0.1) is 0 Å². The normalized spacial score (nSPS) is 11.2. The van der Waals surface area contributed by atoms with Gasteiger partial charge in [-0.05, 0) is 77.9 Å². The van der Waals surface area contributed by atoms with Crippen LogP contribution in [0.4, 0.5) is 0 Å². The zero-order valence-corrected chi connectivity index (χ0v) is 23.8. The number of benzene rings is 6.